The molecule has 1 aromatic heterocycles. The molecule has 1 N–H and O–H groups in total. The molecule has 0 saturated carbocycles. The predicted molar refractivity (Wildman–Crippen MR) is 85.9 cm³/mol. The molecule has 4 rings (SSSR count). The molecule has 0 spiro atoms. The molecule has 2 unspecified atom stereocenters. The topological polar surface area (TPSA) is 54.5 Å². The number of fused-ring (bicyclic) bond motifs is 4. The number of carbonyl (C=O) groups excluding carboxylic acids is 1. The summed E-state index contributed by atoms with van der Waals surface area (Å²) in [5.74, 6) is 0.891. The monoisotopic (exact) mass is 309 g/mol. The van der Waals surface area contributed by atoms with Gasteiger partial charge in [0.15, 0.2) is 5.72 Å². The van der Waals surface area contributed by atoms with E-state index in [1.165, 1.54) is 0 Å². The van der Waals surface area contributed by atoms with Crippen molar-refractivity contribution in [1.29, 1.82) is 0 Å². The van der Waals surface area contributed by atoms with Crippen molar-refractivity contribution in [3.63, 3.8) is 0 Å². The van der Waals surface area contributed by atoms with Gasteiger partial charge in [-0.15, -0.1) is 0 Å². The molecule has 2 amide bonds. The fourth-order valence-corrected chi connectivity index (χ4v) is 3.49. The summed E-state index contributed by atoms with van der Waals surface area (Å²) >= 11 is 0. The Morgan fingerprint density at radius 3 is 3.04 bits per heavy atom. The van der Waals surface area contributed by atoms with Crippen molar-refractivity contribution in [2.24, 2.45) is 0 Å². The number of aryl methyl sites for hydroxylation is 1. The molecule has 5 nitrogen and oxygen atoms in total. The second-order valence-electron chi connectivity index (χ2n) is 6.42. The van der Waals surface area contributed by atoms with Gasteiger partial charge in [0.05, 0.1) is 12.6 Å². The van der Waals surface area contributed by atoms with E-state index < -0.39 is 5.72 Å². The minimum Gasteiger partial charge on any atom is -0.467 e. The molecule has 2 bridgehead atoms. The summed E-state index contributed by atoms with van der Waals surface area (Å²) in [7, 11) is 0. The van der Waals surface area contributed by atoms with Crippen LogP contribution in [-0.4, -0.2) is 21.6 Å². The van der Waals surface area contributed by atoms with E-state index in [0.29, 0.717) is 6.54 Å². The van der Waals surface area contributed by atoms with Crippen molar-refractivity contribution in [2.45, 2.75) is 38.6 Å². The second kappa shape index (κ2) is 4.98. The lowest BCUT2D eigenvalue weighted by Crippen LogP contribution is -2.64. The van der Waals surface area contributed by atoms with Crippen LogP contribution in [0.3, 0.4) is 0 Å². The van der Waals surface area contributed by atoms with Gasteiger partial charge in [0, 0.05) is 24.4 Å². The zero-order valence-electron chi connectivity index (χ0n) is 13.2. The Morgan fingerprint density at radius 1 is 1.39 bits per heavy atom. The Hall–Kier alpha value is -2.56. The molecular formula is C18H19N3O2. The summed E-state index contributed by atoms with van der Waals surface area (Å²) < 4.78 is 6.32. The molecule has 23 heavy (non-hydrogen) atoms. The molecule has 0 aliphatic carbocycles. The van der Waals surface area contributed by atoms with Gasteiger partial charge in [0.1, 0.15) is 5.75 Å². The van der Waals surface area contributed by atoms with E-state index in [1.807, 2.05) is 44.2 Å². The Kier molecular flexibility index (Phi) is 3.04. The number of ether oxygens (including phenoxy) is 1. The zero-order chi connectivity index (χ0) is 16.0. The maximum absolute atomic E-state index is 12.6. The van der Waals surface area contributed by atoms with Gasteiger partial charge in [0.25, 0.3) is 0 Å². The van der Waals surface area contributed by atoms with Gasteiger partial charge >= 0.3 is 6.03 Å². The third-order valence-corrected chi connectivity index (χ3v) is 4.70. The Bertz CT molecular complexity index is 762. The summed E-state index contributed by atoms with van der Waals surface area (Å²) in [5.41, 5.74) is 2.50. The van der Waals surface area contributed by atoms with Crippen molar-refractivity contribution >= 4 is 6.03 Å². The highest BCUT2D eigenvalue weighted by atomic mass is 16.5. The molecule has 3 heterocycles. The van der Waals surface area contributed by atoms with Crippen LogP contribution in [0.1, 0.15) is 36.1 Å². The first-order chi connectivity index (χ1) is 11.1. The van der Waals surface area contributed by atoms with Crippen molar-refractivity contribution in [1.82, 2.24) is 15.2 Å². The quantitative estimate of drug-likeness (QED) is 0.927. The minimum absolute atomic E-state index is 0.00120. The smallest absolute Gasteiger partial charge is 0.321 e. The maximum atomic E-state index is 12.6. The second-order valence-corrected chi connectivity index (χ2v) is 6.42. The van der Waals surface area contributed by atoms with E-state index in [9.17, 15) is 4.79 Å². The van der Waals surface area contributed by atoms with Gasteiger partial charge in [-0.1, -0.05) is 24.3 Å². The van der Waals surface area contributed by atoms with E-state index in [0.717, 1.165) is 28.9 Å². The first kappa shape index (κ1) is 14.1. The number of hydrogen-bond donors (Lipinski definition) is 1. The summed E-state index contributed by atoms with van der Waals surface area (Å²) in [4.78, 5) is 18.5. The SMILES string of the molecule is Cc1cccc2c1OC1(C)CC2NC(=O)N1Cc1cccnc1. The lowest BCUT2D eigenvalue weighted by Gasteiger charge is -2.51. The van der Waals surface area contributed by atoms with E-state index in [2.05, 4.69) is 10.3 Å². The van der Waals surface area contributed by atoms with Gasteiger partial charge in [0.2, 0.25) is 0 Å². The molecule has 1 aromatic carbocycles. The largest absolute Gasteiger partial charge is 0.467 e. The lowest BCUT2D eigenvalue weighted by molar-refractivity contribution is -0.0883. The number of carbonyl (C=O) groups is 1. The minimum atomic E-state index is -0.651. The lowest BCUT2D eigenvalue weighted by atomic mass is 9.89. The number of para-hydroxylation sites is 1. The van der Waals surface area contributed by atoms with E-state index in [4.69, 9.17) is 4.74 Å². The van der Waals surface area contributed by atoms with Crippen molar-refractivity contribution < 1.29 is 9.53 Å². The van der Waals surface area contributed by atoms with Gasteiger partial charge in [-0.3, -0.25) is 9.88 Å². The van der Waals surface area contributed by atoms with Crippen molar-refractivity contribution in [2.75, 3.05) is 0 Å². The van der Waals surface area contributed by atoms with Crippen LogP contribution in [-0.2, 0) is 6.54 Å². The highest BCUT2D eigenvalue weighted by molar-refractivity contribution is 5.77. The molecular weight excluding hydrogens is 290 g/mol. The predicted octanol–water partition coefficient (Wildman–Crippen LogP) is 3.16. The molecule has 2 aliphatic heterocycles. The van der Waals surface area contributed by atoms with Gasteiger partial charge in [-0.2, -0.15) is 0 Å². The standard InChI is InChI=1S/C18H19N3O2/c1-12-5-3-7-14-15-9-18(2,23-16(12)14)21(17(22)20-15)11-13-6-4-8-19-10-13/h3-8,10,15H,9,11H2,1-2H3,(H,20,22). The number of amides is 2. The highest BCUT2D eigenvalue weighted by Gasteiger charge is 2.49. The molecule has 2 aromatic rings. The van der Waals surface area contributed by atoms with Crippen LogP contribution in [0.5, 0.6) is 5.75 Å². The van der Waals surface area contributed by atoms with Gasteiger partial charge in [-0.05, 0) is 31.0 Å². The van der Waals surface area contributed by atoms with Crippen LogP contribution < -0.4 is 10.1 Å². The summed E-state index contributed by atoms with van der Waals surface area (Å²) in [6.45, 7) is 4.51. The molecule has 5 heteroatoms. The highest BCUT2D eigenvalue weighted by Crippen LogP contribution is 2.45. The maximum Gasteiger partial charge on any atom is 0.321 e. The summed E-state index contributed by atoms with van der Waals surface area (Å²) in [6, 6.07) is 9.83. The van der Waals surface area contributed by atoms with Crippen LogP contribution >= 0.6 is 0 Å². The molecule has 1 fully saturated rings. The number of nitrogens with zero attached hydrogens (tertiary/aromatic N) is 2. The van der Waals surface area contributed by atoms with E-state index in [1.54, 1.807) is 17.3 Å². The fourth-order valence-electron chi connectivity index (χ4n) is 3.49. The number of hydrogen-bond acceptors (Lipinski definition) is 3. The Balaban J connectivity index is 1.72. The van der Waals surface area contributed by atoms with Crippen LogP contribution in [0.2, 0.25) is 0 Å². The summed E-state index contributed by atoms with van der Waals surface area (Å²) in [6.07, 6.45) is 4.24. The molecule has 2 aliphatic rings. The van der Waals surface area contributed by atoms with Crippen LogP contribution in [0.4, 0.5) is 4.79 Å². The molecule has 2 atom stereocenters. The van der Waals surface area contributed by atoms with Crippen LogP contribution in [0.15, 0.2) is 42.7 Å². The Morgan fingerprint density at radius 2 is 2.26 bits per heavy atom. The van der Waals surface area contributed by atoms with Gasteiger partial charge in [-0.25, -0.2) is 4.79 Å². The first-order valence-corrected chi connectivity index (χ1v) is 7.82. The van der Waals surface area contributed by atoms with Crippen molar-refractivity contribution in [3.05, 3.63) is 59.4 Å². The number of rotatable bonds is 2. The fraction of sp³-hybridized carbons (Fsp3) is 0.333. The zero-order valence-corrected chi connectivity index (χ0v) is 13.2. The number of pyridine rings is 1. The average Bonchev–Trinajstić information content (AvgIpc) is 2.53. The summed E-state index contributed by atoms with van der Waals surface area (Å²) in [5, 5.41) is 3.11. The average molecular weight is 309 g/mol. The number of nitrogens with one attached hydrogen (secondary N) is 1. The van der Waals surface area contributed by atoms with Gasteiger partial charge < -0.3 is 10.1 Å². The van der Waals surface area contributed by atoms with Crippen LogP contribution in [0, 0.1) is 6.92 Å². The number of benzene rings is 1. The van der Waals surface area contributed by atoms with E-state index >= 15 is 0 Å². The number of aromatic nitrogens is 1. The third-order valence-electron chi connectivity index (χ3n) is 4.70. The Labute approximate surface area is 135 Å². The molecule has 1 saturated heterocycles. The van der Waals surface area contributed by atoms with Crippen LogP contribution in [0.25, 0.3) is 0 Å². The molecule has 0 radical (unpaired) electrons. The van der Waals surface area contributed by atoms with Crippen molar-refractivity contribution in [3.8, 4) is 5.75 Å². The number of urea groups is 1. The third kappa shape index (κ3) is 2.23. The first-order valence-electron chi connectivity index (χ1n) is 7.82. The normalized spacial score (nSPS) is 25.4. The molecule has 118 valence electrons. The van der Waals surface area contributed by atoms with E-state index in [-0.39, 0.29) is 12.1 Å².